The molecule has 0 aliphatic heterocycles. The fourth-order valence-electron chi connectivity index (χ4n) is 2.74. The van der Waals surface area contributed by atoms with Gasteiger partial charge in [-0.1, -0.05) is 107 Å². The van der Waals surface area contributed by atoms with Crippen LogP contribution in [0.15, 0.2) is 48.6 Å². The van der Waals surface area contributed by atoms with Gasteiger partial charge in [0.1, 0.15) is 0 Å². The molecule has 0 heterocycles. The fraction of sp³-hybridized carbons (Fsp3) is 0.640. The van der Waals surface area contributed by atoms with Gasteiger partial charge in [0.25, 0.3) is 0 Å². The maximum absolute atomic E-state index is 11.4. The number of ether oxygens (including phenoxy) is 1. The topological polar surface area (TPSA) is 26.3 Å². The highest BCUT2D eigenvalue weighted by molar-refractivity contribution is 5.82. The van der Waals surface area contributed by atoms with Gasteiger partial charge in [0.15, 0.2) is 0 Å². The van der Waals surface area contributed by atoms with E-state index in [1.807, 2.05) is 25.2 Å². The van der Waals surface area contributed by atoms with E-state index in [1.54, 1.807) is 6.08 Å². The van der Waals surface area contributed by atoms with Crippen molar-refractivity contribution in [2.75, 3.05) is 6.61 Å². The maximum Gasteiger partial charge on any atom is 0.330 e. The number of carbonyl (C=O) groups excluding carboxylic acids is 1. The van der Waals surface area contributed by atoms with E-state index >= 15 is 0 Å². The Morgan fingerprint density at radius 3 is 1.96 bits per heavy atom. The van der Waals surface area contributed by atoms with E-state index in [9.17, 15) is 4.79 Å². The van der Waals surface area contributed by atoms with Gasteiger partial charge in [-0.25, -0.2) is 4.79 Å². The van der Waals surface area contributed by atoms with E-state index in [1.165, 1.54) is 76.7 Å². The molecule has 0 aromatic carbocycles. The third-order valence-corrected chi connectivity index (χ3v) is 4.45. The summed E-state index contributed by atoms with van der Waals surface area (Å²) in [5.41, 5.74) is 1.02. The Balaban J connectivity index is 3.41. The van der Waals surface area contributed by atoms with Crippen molar-refractivity contribution >= 4 is 5.97 Å². The Labute approximate surface area is 168 Å². The summed E-state index contributed by atoms with van der Waals surface area (Å²) < 4.78 is 5.04. The van der Waals surface area contributed by atoms with Gasteiger partial charge in [0.05, 0.1) is 6.61 Å². The maximum atomic E-state index is 11.4. The van der Waals surface area contributed by atoms with Crippen LogP contribution in [-0.2, 0) is 9.53 Å². The molecule has 0 spiro atoms. The molecule has 0 N–H and O–H groups in total. The molecule has 0 fully saturated rings. The molecule has 0 aromatic rings. The monoisotopic (exact) mass is 374 g/mol. The highest BCUT2D eigenvalue weighted by Gasteiger charge is 1.95. The van der Waals surface area contributed by atoms with Crippen molar-refractivity contribution in [3.8, 4) is 0 Å². The summed E-state index contributed by atoms with van der Waals surface area (Å²) in [7, 11) is 0. The van der Waals surface area contributed by atoms with E-state index < -0.39 is 0 Å². The van der Waals surface area contributed by atoms with Crippen LogP contribution in [0.3, 0.4) is 0 Å². The molecular weight excluding hydrogens is 332 g/mol. The Morgan fingerprint density at radius 1 is 0.815 bits per heavy atom. The van der Waals surface area contributed by atoms with Gasteiger partial charge in [-0.2, -0.15) is 0 Å². The minimum atomic E-state index is -0.300. The first-order valence-corrected chi connectivity index (χ1v) is 11.0. The summed E-state index contributed by atoms with van der Waals surface area (Å²) in [6.45, 7) is 8.38. The van der Waals surface area contributed by atoms with E-state index in [4.69, 9.17) is 4.74 Å². The summed E-state index contributed by atoms with van der Waals surface area (Å²) in [4.78, 5) is 11.4. The molecule has 0 rings (SSSR count). The molecule has 0 saturated carbocycles. The zero-order valence-corrected chi connectivity index (χ0v) is 17.9. The van der Waals surface area contributed by atoms with Gasteiger partial charge in [-0.3, -0.25) is 0 Å². The SMILES string of the molecule is C=C(C)CCOC(=O)C=CC=CC=CCCCCCCCCCCCCC. The first-order chi connectivity index (χ1) is 13.2. The van der Waals surface area contributed by atoms with Crippen LogP contribution in [0.4, 0.5) is 0 Å². The highest BCUT2D eigenvalue weighted by Crippen LogP contribution is 2.12. The third-order valence-electron chi connectivity index (χ3n) is 4.45. The minimum Gasteiger partial charge on any atom is -0.462 e. The average Bonchev–Trinajstić information content (AvgIpc) is 2.64. The number of unbranched alkanes of at least 4 members (excludes halogenated alkanes) is 11. The molecule has 0 amide bonds. The van der Waals surface area contributed by atoms with Crippen molar-refractivity contribution in [1.29, 1.82) is 0 Å². The van der Waals surface area contributed by atoms with E-state index in [0.29, 0.717) is 6.61 Å². The van der Waals surface area contributed by atoms with E-state index in [-0.39, 0.29) is 5.97 Å². The van der Waals surface area contributed by atoms with Crippen molar-refractivity contribution in [2.24, 2.45) is 0 Å². The molecule has 0 bridgehead atoms. The van der Waals surface area contributed by atoms with Crippen molar-refractivity contribution in [3.63, 3.8) is 0 Å². The Bertz CT molecular complexity index is 443. The first-order valence-electron chi connectivity index (χ1n) is 11.0. The van der Waals surface area contributed by atoms with Crippen molar-refractivity contribution in [2.45, 2.75) is 97.3 Å². The normalized spacial score (nSPS) is 11.8. The van der Waals surface area contributed by atoms with Crippen LogP contribution in [0.2, 0.25) is 0 Å². The van der Waals surface area contributed by atoms with Crippen LogP contribution in [0.1, 0.15) is 97.3 Å². The van der Waals surface area contributed by atoms with Crippen LogP contribution < -0.4 is 0 Å². The second-order valence-corrected chi connectivity index (χ2v) is 7.37. The van der Waals surface area contributed by atoms with Gasteiger partial charge >= 0.3 is 5.97 Å². The lowest BCUT2D eigenvalue weighted by Gasteiger charge is -2.01. The molecule has 0 atom stereocenters. The second kappa shape index (κ2) is 20.7. The summed E-state index contributed by atoms with van der Waals surface area (Å²) >= 11 is 0. The van der Waals surface area contributed by atoms with Gasteiger partial charge in [0, 0.05) is 12.5 Å². The van der Waals surface area contributed by atoms with Gasteiger partial charge in [-0.05, 0) is 19.8 Å². The number of rotatable bonds is 18. The van der Waals surface area contributed by atoms with Crippen LogP contribution in [0.25, 0.3) is 0 Å². The van der Waals surface area contributed by atoms with Crippen LogP contribution >= 0.6 is 0 Å². The molecule has 0 aromatic heterocycles. The molecule has 0 unspecified atom stereocenters. The highest BCUT2D eigenvalue weighted by atomic mass is 16.5. The Morgan fingerprint density at radius 2 is 1.37 bits per heavy atom. The molecule has 0 aliphatic rings. The zero-order chi connectivity index (χ0) is 20.0. The molecule has 0 aliphatic carbocycles. The van der Waals surface area contributed by atoms with Crippen LogP contribution in [0.5, 0.6) is 0 Å². The van der Waals surface area contributed by atoms with Gasteiger partial charge < -0.3 is 4.74 Å². The lowest BCUT2D eigenvalue weighted by molar-refractivity contribution is -0.137. The summed E-state index contributed by atoms with van der Waals surface area (Å²) in [5, 5.41) is 0. The fourth-order valence-corrected chi connectivity index (χ4v) is 2.74. The lowest BCUT2D eigenvalue weighted by Crippen LogP contribution is -2.02. The molecule has 27 heavy (non-hydrogen) atoms. The van der Waals surface area contributed by atoms with Crippen LogP contribution in [-0.4, -0.2) is 12.6 Å². The summed E-state index contributed by atoms with van der Waals surface area (Å²) in [5.74, 6) is -0.300. The quantitative estimate of drug-likeness (QED) is 0.0802. The minimum absolute atomic E-state index is 0.300. The second-order valence-electron chi connectivity index (χ2n) is 7.37. The Kier molecular flexibility index (Phi) is 19.5. The van der Waals surface area contributed by atoms with Crippen molar-refractivity contribution in [1.82, 2.24) is 0 Å². The molecule has 2 nitrogen and oxygen atoms in total. The van der Waals surface area contributed by atoms with Gasteiger partial charge in [-0.15, -0.1) is 6.58 Å². The Hall–Kier alpha value is -1.57. The summed E-state index contributed by atoms with van der Waals surface area (Å²) in [6.07, 6.45) is 28.3. The molecule has 0 radical (unpaired) electrons. The van der Waals surface area contributed by atoms with E-state index in [2.05, 4.69) is 19.6 Å². The zero-order valence-electron chi connectivity index (χ0n) is 17.9. The van der Waals surface area contributed by atoms with E-state index in [0.717, 1.165) is 18.4 Å². The predicted octanol–water partition coefficient (Wildman–Crippen LogP) is 7.87. The van der Waals surface area contributed by atoms with Crippen molar-refractivity contribution in [3.05, 3.63) is 48.6 Å². The van der Waals surface area contributed by atoms with Crippen molar-refractivity contribution < 1.29 is 9.53 Å². The summed E-state index contributed by atoms with van der Waals surface area (Å²) in [6, 6.07) is 0. The number of carbonyl (C=O) groups is 1. The number of hydrogen-bond donors (Lipinski definition) is 0. The molecule has 2 heteroatoms. The standard InChI is InChI=1S/C25H42O2/c1-4-5-6-7-8-9-10-11-12-13-14-15-16-17-18-19-20-21-25(26)27-23-22-24(2)3/h16-21H,2,4-15,22-23H2,1,3H3. The average molecular weight is 375 g/mol. The first kappa shape index (κ1) is 25.4. The third kappa shape index (κ3) is 22.4. The largest absolute Gasteiger partial charge is 0.462 e. The molecular formula is C25H42O2. The lowest BCUT2D eigenvalue weighted by atomic mass is 10.1. The van der Waals surface area contributed by atoms with Crippen LogP contribution in [0, 0.1) is 0 Å². The number of hydrogen-bond acceptors (Lipinski definition) is 2. The van der Waals surface area contributed by atoms with Gasteiger partial charge in [0.2, 0.25) is 0 Å². The number of esters is 1. The predicted molar refractivity (Wildman–Crippen MR) is 119 cm³/mol. The molecule has 0 saturated heterocycles. The molecule has 154 valence electrons. The number of allylic oxidation sites excluding steroid dienone is 5. The smallest absolute Gasteiger partial charge is 0.330 e.